The SMILES string of the molecule is CC(F)(CN)Cc1ccco1. The van der Waals surface area contributed by atoms with Gasteiger partial charge in [0, 0.05) is 13.0 Å². The van der Waals surface area contributed by atoms with Gasteiger partial charge in [-0.05, 0) is 19.1 Å². The molecule has 2 N–H and O–H groups in total. The van der Waals surface area contributed by atoms with Crippen molar-refractivity contribution in [3.8, 4) is 0 Å². The van der Waals surface area contributed by atoms with Gasteiger partial charge in [-0.25, -0.2) is 4.39 Å². The highest BCUT2D eigenvalue weighted by atomic mass is 19.1. The van der Waals surface area contributed by atoms with Gasteiger partial charge in [-0.2, -0.15) is 0 Å². The van der Waals surface area contributed by atoms with Crippen molar-refractivity contribution >= 4 is 0 Å². The van der Waals surface area contributed by atoms with Crippen molar-refractivity contribution in [2.45, 2.75) is 19.0 Å². The Morgan fingerprint density at radius 1 is 1.73 bits per heavy atom. The van der Waals surface area contributed by atoms with Crippen LogP contribution in [0.4, 0.5) is 4.39 Å². The van der Waals surface area contributed by atoms with E-state index in [1.807, 2.05) is 0 Å². The summed E-state index contributed by atoms with van der Waals surface area (Å²) in [5, 5.41) is 0. The Morgan fingerprint density at radius 2 is 2.45 bits per heavy atom. The van der Waals surface area contributed by atoms with Crippen LogP contribution in [-0.4, -0.2) is 12.2 Å². The molecule has 62 valence electrons. The van der Waals surface area contributed by atoms with Crippen molar-refractivity contribution in [3.05, 3.63) is 24.2 Å². The van der Waals surface area contributed by atoms with Crippen molar-refractivity contribution in [1.29, 1.82) is 0 Å². The summed E-state index contributed by atoms with van der Waals surface area (Å²) in [7, 11) is 0. The van der Waals surface area contributed by atoms with Crippen LogP contribution in [0.25, 0.3) is 0 Å². The molecule has 1 rings (SSSR count). The van der Waals surface area contributed by atoms with Crippen molar-refractivity contribution < 1.29 is 8.81 Å². The Bertz CT molecular complexity index is 206. The lowest BCUT2D eigenvalue weighted by molar-refractivity contribution is 0.189. The Labute approximate surface area is 65.2 Å². The predicted octanol–water partition coefficient (Wildman–Crippen LogP) is 1.51. The van der Waals surface area contributed by atoms with Gasteiger partial charge in [-0.3, -0.25) is 0 Å². The molecular weight excluding hydrogens is 145 g/mol. The minimum absolute atomic E-state index is 0.0215. The smallest absolute Gasteiger partial charge is 0.127 e. The van der Waals surface area contributed by atoms with Crippen LogP contribution >= 0.6 is 0 Å². The van der Waals surface area contributed by atoms with Gasteiger partial charge in [-0.15, -0.1) is 0 Å². The number of halogens is 1. The van der Waals surface area contributed by atoms with Crippen LogP contribution < -0.4 is 5.73 Å². The van der Waals surface area contributed by atoms with E-state index in [0.717, 1.165) is 0 Å². The molecule has 0 aromatic carbocycles. The van der Waals surface area contributed by atoms with E-state index in [2.05, 4.69) is 0 Å². The van der Waals surface area contributed by atoms with Gasteiger partial charge in [0.2, 0.25) is 0 Å². The molecule has 2 nitrogen and oxygen atoms in total. The monoisotopic (exact) mass is 157 g/mol. The molecule has 0 bridgehead atoms. The summed E-state index contributed by atoms with van der Waals surface area (Å²) in [5.74, 6) is 0.639. The fourth-order valence-electron chi connectivity index (χ4n) is 0.849. The molecule has 3 heteroatoms. The Kier molecular flexibility index (Phi) is 2.29. The largest absolute Gasteiger partial charge is 0.469 e. The lowest BCUT2D eigenvalue weighted by atomic mass is 10.0. The van der Waals surface area contributed by atoms with E-state index >= 15 is 0 Å². The van der Waals surface area contributed by atoms with Gasteiger partial charge in [0.1, 0.15) is 11.4 Å². The van der Waals surface area contributed by atoms with E-state index < -0.39 is 5.67 Å². The molecule has 11 heavy (non-hydrogen) atoms. The van der Waals surface area contributed by atoms with E-state index in [4.69, 9.17) is 10.2 Å². The van der Waals surface area contributed by atoms with E-state index in [1.165, 1.54) is 13.2 Å². The lowest BCUT2D eigenvalue weighted by Crippen LogP contribution is -2.31. The Hall–Kier alpha value is -0.830. The average molecular weight is 157 g/mol. The summed E-state index contributed by atoms with van der Waals surface area (Å²) in [6.07, 6.45) is 1.78. The number of furan rings is 1. The van der Waals surface area contributed by atoms with Crippen molar-refractivity contribution in [1.82, 2.24) is 0 Å². The molecule has 0 aliphatic carbocycles. The number of nitrogens with two attached hydrogens (primary N) is 1. The standard InChI is InChI=1S/C8H12FNO/c1-8(9,6-10)5-7-3-2-4-11-7/h2-4H,5-6,10H2,1H3. The summed E-state index contributed by atoms with van der Waals surface area (Å²) >= 11 is 0. The van der Waals surface area contributed by atoms with Gasteiger partial charge in [0.25, 0.3) is 0 Å². The highest BCUT2D eigenvalue weighted by Gasteiger charge is 2.22. The summed E-state index contributed by atoms with van der Waals surface area (Å²) in [5.41, 5.74) is 3.86. The zero-order valence-corrected chi connectivity index (χ0v) is 6.51. The summed E-state index contributed by atoms with van der Waals surface area (Å²) in [4.78, 5) is 0. The van der Waals surface area contributed by atoms with E-state index in [9.17, 15) is 4.39 Å². The number of rotatable bonds is 3. The molecule has 0 fully saturated rings. The van der Waals surface area contributed by atoms with Crippen LogP contribution in [0.5, 0.6) is 0 Å². The number of alkyl halides is 1. The normalized spacial score (nSPS) is 16.3. The van der Waals surface area contributed by atoms with E-state index in [-0.39, 0.29) is 13.0 Å². The van der Waals surface area contributed by atoms with Gasteiger partial charge < -0.3 is 10.2 Å². The van der Waals surface area contributed by atoms with Crippen LogP contribution in [0.2, 0.25) is 0 Å². The van der Waals surface area contributed by atoms with E-state index in [0.29, 0.717) is 5.76 Å². The highest BCUT2D eigenvalue weighted by molar-refractivity contribution is 5.02. The second-order valence-electron chi connectivity index (χ2n) is 2.87. The molecule has 1 aromatic rings. The molecule has 0 saturated heterocycles. The van der Waals surface area contributed by atoms with Crippen LogP contribution in [0.3, 0.4) is 0 Å². The quantitative estimate of drug-likeness (QED) is 0.722. The van der Waals surface area contributed by atoms with Gasteiger partial charge in [-0.1, -0.05) is 0 Å². The second-order valence-corrected chi connectivity index (χ2v) is 2.87. The fourth-order valence-corrected chi connectivity index (χ4v) is 0.849. The van der Waals surface area contributed by atoms with Crippen molar-refractivity contribution in [2.24, 2.45) is 5.73 Å². The van der Waals surface area contributed by atoms with Gasteiger partial charge in [0.15, 0.2) is 0 Å². The summed E-state index contributed by atoms with van der Waals surface area (Å²) < 4.78 is 18.2. The van der Waals surface area contributed by atoms with Crippen molar-refractivity contribution in [3.63, 3.8) is 0 Å². The molecule has 1 aromatic heterocycles. The first-order valence-corrected chi connectivity index (χ1v) is 3.55. The van der Waals surface area contributed by atoms with Gasteiger partial charge >= 0.3 is 0 Å². The minimum atomic E-state index is -1.35. The van der Waals surface area contributed by atoms with Crippen LogP contribution in [0, 0.1) is 0 Å². The molecule has 1 unspecified atom stereocenters. The molecule has 0 aliphatic rings. The maximum atomic E-state index is 13.2. The molecule has 1 atom stereocenters. The number of hydrogen-bond donors (Lipinski definition) is 1. The average Bonchev–Trinajstić information content (AvgIpc) is 2.39. The molecule has 0 spiro atoms. The van der Waals surface area contributed by atoms with Crippen LogP contribution in [-0.2, 0) is 6.42 Å². The third-order valence-corrected chi connectivity index (χ3v) is 1.55. The zero-order valence-electron chi connectivity index (χ0n) is 6.51. The second kappa shape index (κ2) is 3.05. The number of hydrogen-bond acceptors (Lipinski definition) is 2. The molecule has 0 radical (unpaired) electrons. The van der Waals surface area contributed by atoms with E-state index in [1.54, 1.807) is 12.1 Å². The van der Waals surface area contributed by atoms with Gasteiger partial charge in [0.05, 0.1) is 6.26 Å². The maximum Gasteiger partial charge on any atom is 0.127 e. The third kappa shape index (κ3) is 2.35. The molecule has 0 aliphatic heterocycles. The topological polar surface area (TPSA) is 39.2 Å². The van der Waals surface area contributed by atoms with Crippen LogP contribution in [0.15, 0.2) is 22.8 Å². The van der Waals surface area contributed by atoms with Crippen LogP contribution in [0.1, 0.15) is 12.7 Å². The highest BCUT2D eigenvalue weighted by Crippen LogP contribution is 2.15. The van der Waals surface area contributed by atoms with Crippen molar-refractivity contribution in [2.75, 3.05) is 6.54 Å². The molecule has 1 heterocycles. The maximum absolute atomic E-state index is 13.2. The summed E-state index contributed by atoms with van der Waals surface area (Å²) in [6, 6.07) is 3.48. The molecular formula is C8H12FNO. The first kappa shape index (κ1) is 8.27. The zero-order chi connectivity index (χ0) is 8.32. The third-order valence-electron chi connectivity index (χ3n) is 1.55. The Balaban J connectivity index is 2.56. The Morgan fingerprint density at radius 3 is 2.91 bits per heavy atom. The molecule has 0 saturated carbocycles. The molecule has 0 amide bonds. The fraction of sp³-hybridized carbons (Fsp3) is 0.500. The summed E-state index contributed by atoms with van der Waals surface area (Å²) in [6.45, 7) is 1.49. The lowest BCUT2D eigenvalue weighted by Gasteiger charge is -2.15. The first-order chi connectivity index (χ1) is 5.14. The predicted molar refractivity (Wildman–Crippen MR) is 41.0 cm³/mol. The minimum Gasteiger partial charge on any atom is -0.469 e. The first-order valence-electron chi connectivity index (χ1n) is 3.55.